The van der Waals surface area contributed by atoms with Crippen molar-refractivity contribution in [1.82, 2.24) is 10.6 Å². The molecule has 0 saturated heterocycles. The van der Waals surface area contributed by atoms with Crippen molar-refractivity contribution in [2.45, 2.75) is 19.4 Å². The number of hydrogen-bond acceptors (Lipinski definition) is 4. The number of hydrogen-bond donors (Lipinski definition) is 2. The molecule has 3 amide bonds. The molecule has 0 saturated carbocycles. The van der Waals surface area contributed by atoms with Crippen LogP contribution in [0, 0.1) is 0 Å². The number of para-hydroxylation sites is 2. The molecule has 3 rings (SSSR count). The second-order valence-electron chi connectivity index (χ2n) is 6.37. The molecule has 1 aliphatic rings. The van der Waals surface area contributed by atoms with Crippen LogP contribution in [0.3, 0.4) is 0 Å². The van der Waals surface area contributed by atoms with Gasteiger partial charge in [-0.1, -0.05) is 36.4 Å². The maximum absolute atomic E-state index is 12.6. The molecule has 1 heterocycles. The Morgan fingerprint density at radius 2 is 1.79 bits per heavy atom. The van der Waals surface area contributed by atoms with Crippen LogP contribution >= 0.6 is 0 Å². The van der Waals surface area contributed by atoms with E-state index in [1.54, 1.807) is 24.1 Å². The van der Waals surface area contributed by atoms with E-state index in [-0.39, 0.29) is 12.5 Å². The molecule has 7 heteroatoms. The van der Waals surface area contributed by atoms with Gasteiger partial charge in [-0.2, -0.15) is 0 Å². The zero-order chi connectivity index (χ0) is 20.1. The van der Waals surface area contributed by atoms with Crippen LogP contribution in [0.2, 0.25) is 0 Å². The van der Waals surface area contributed by atoms with Crippen LogP contribution in [0.1, 0.15) is 24.1 Å². The van der Waals surface area contributed by atoms with Crippen LogP contribution in [-0.2, 0) is 20.8 Å². The van der Waals surface area contributed by atoms with Crippen molar-refractivity contribution in [3.05, 3.63) is 59.7 Å². The number of fused-ring (bicyclic) bond motifs is 1. The molecular weight excluding hydrogens is 358 g/mol. The van der Waals surface area contributed by atoms with Gasteiger partial charge in [0.05, 0.1) is 7.11 Å². The zero-order valence-electron chi connectivity index (χ0n) is 15.9. The topological polar surface area (TPSA) is 87.7 Å². The van der Waals surface area contributed by atoms with Gasteiger partial charge in [0.15, 0.2) is 0 Å². The Kier molecular flexibility index (Phi) is 5.93. The minimum atomic E-state index is -0.844. The van der Waals surface area contributed by atoms with Gasteiger partial charge in [-0.3, -0.25) is 14.4 Å². The van der Waals surface area contributed by atoms with Gasteiger partial charge in [0.25, 0.3) is 5.91 Å². The van der Waals surface area contributed by atoms with E-state index in [2.05, 4.69) is 10.6 Å². The predicted molar refractivity (Wildman–Crippen MR) is 105 cm³/mol. The summed E-state index contributed by atoms with van der Waals surface area (Å²) in [5.41, 5.74) is 2.39. The molecule has 0 bridgehead atoms. The molecular formula is C21H23N3O4. The molecule has 1 atom stereocenters. The molecule has 1 aliphatic heterocycles. The summed E-state index contributed by atoms with van der Waals surface area (Å²) >= 11 is 0. The van der Waals surface area contributed by atoms with E-state index in [4.69, 9.17) is 4.74 Å². The molecule has 0 fully saturated rings. The summed E-state index contributed by atoms with van der Waals surface area (Å²) in [6.07, 6.45) is 0.526. The van der Waals surface area contributed by atoms with E-state index < -0.39 is 17.9 Å². The van der Waals surface area contributed by atoms with Crippen LogP contribution in [0.25, 0.3) is 0 Å². The van der Waals surface area contributed by atoms with Gasteiger partial charge in [-0.15, -0.1) is 0 Å². The molecule has 0 spiro atoms. The minimum absolute atomic E-state index is 0.237. The van der Waals surface area contributed by atoms with Crippen molar-refractivity contribution in [2.24, 2.45) is 0 Å². The highest BCUT2D eigenvalue weighted by molar-refractivity contribution is 6.35. The van der Waals surface area contributed by atoms with Crippen molar-refractivity contribution >= 4 is 23.4 Å². The first-order valence-corrected chi connectivity index (χ1v) is 9.17. The average molecular weight is 381 g/mol. The Bertz CT molecular complexity index is 897. The molecule has 146 valence electrons. The number of likely N-dealkylation sites (N-methyl/N-ethyl adjacent to an activating group) is 1. The molecule has 0 aliphatic carbocycles. The lowest BCUT2D eigenvalue weighted by Crippen LogP contribution is -2.44. The summed E-state index contributed by atoms with van der Waals surface area (Å²) < 4.78 is 5.27. The quantitative estimate of drug-likeness (QED) is 0.744. The van der Waals surface area contributed by atoms with Crippen LogP contribution in [0.4, 0.5) is 5.69 Å². The van der Waals surface area contributed by atoms with Gasteiger partial charge in [-0.05, 0) is 31.0 Å². The summed E-state index contributed by atoms with van der Waals surface area (Å²) in [7, 11) is 1.58. The van der Waals surface area contributed by atoms with Crippen LogP contribution < -0.4 is 20.3 Å². The average Bonchev–Trinajstić information content (AvgIpc) is 2.99. The maximum Gasteiger partial charge on any atom is 0.310 e. The van der Waals surface area contributed by atoms with Crippen molar-refractivity contribution in [3.8, 4) is 5.75 Å². The van der Waals surface area contributed by atoms with Crippen LogP contribution in [0.15, 0.2) is 48.5 Å². The second-order valence-corrected chi connectivity index (χ2v) is 6.37. The van der Waals surface area contributed by atoms with Crippen molar-refractivity contribution < 1.29 is 19.1 Å². The first-order chi connectivity index (χ1) is 13.6. The molecule has 2 aromatic carbocycles. The Morgan fingerprint density at radius 1 is 1.07 bits per heavy atom. The first-order valence-electron chi connectivity index (χ1n) is 9.17. The van der Waals surface area contributed by atoms with Crippen molar-refractivity contribution in [3.63, 3.8) is 0 Å². The Balaban J connectivity index is 1.59. The number of carbonyl (C=O) groups excluding carboxylic acids is 3. The lowest BCUT2D eigenvalue weighted by Gasteiger charge is -2.15. The Labute approximate surface area is 163 Å². The number of amides is 3. The molecule has 7 nitrogen and oxygen atoms in total. The molecule has 0 aromatic heterocycles. The van der Waals surface area contributed by atoms with E-state index in [0.717, 1.165) is 17.0 Å². The van der Waals surface area contributed by atoms with Gasteiger partial charge < -0.3 is 20.3 Å². The second kappa shape index (κ2) is 8.56. The van der Waals surface area contributed by atoms with Gasteiger partial charge in [0, 0.05) is 24.3 Å². The van der Waals surface area contributed by atoms with E-state index in [1.807, 2.05) is 43.3 Å². The minimum Gasteiger partial charge on any atom is -0.496 e. The van der Waals surface area contributed by atoms with Gasteiger partial charge in [0.1, 0.15) is 11.8 Å². The lowest BCUT2D eigenvalue weighted by atomic mass is 10.1. The fraction of sp³-hybridized carbons (Fsp3) is 0.286. The van der Waals surface area contributed by atoms with Crippen LogP contribution in [-0.4, -0.2) is 37.9 Å². The molecule has 0 unspecified atom stereocenters. The van der Waals surface area contributed by atoms with Gasteiger partial charge >= 0.3 is 11.8 Å². The number of nitrogens with zero attached hydrogens (tertiary/aromatic N) is 1. The molecule has 0 radical (unpaired) electrons. The monoisotopic (exact) mass is 381 g/mol. The maximum atomic E-state index is 12.6. The molecule has 28 heavy (non-hydrogen) atoms. The van der Waals surface area contributed by atoms with Gasteiger partial charge in [-0.25, -0.2) is 0 Å². The van der Waals surface area contributed by atoms with E-state index >= 15 is 0 Å². The molecule has 2 N–H and O–H groups in total. The third-order valence-electron chi connectivity index (χ3n) is 4.72. The third kappa shape index (κ3) is 3.83. The third-order valence-corrected chi connectivity index (χ3v) is 4.72. The number of methoxy groups -OCH3 is 1. The summed E-state index contributed by atoms with van der Waals surface area (Å²) in [6.45, 7) is 2.64. The van der Waals surface area contributed by atoms with Crippen molar-refractivity contribution in [2.75, 3.05) is 25.1 Å². The van der Waals surface area contributed by atoms with E-state index in [1.165, 1.54) is 0 Å². The SMILES string of the molecule is CCN1C(=O)[C@@H](NC(=O)C(=O)NCCc2ccccc2OC)c2ccccc21. The smallest absolute Gasteiger partial charge is 0.310 e. The largest absolute Gasteiger partial charge is 0.496 e. The number of carbonyl (C=O) groups is 3. The lowest BCUT2D eigenvalue weighted by molar-refractivity contribution is -0.140. The highest BCUT2D eigenvalue weighted by Gasteiger charge is 2.37. The molecule has 2 aromatic rings. The van der Waals surface area contributed by atoms with Crippen molar-refractivity contribution in [1.29, 1.82) is 0 Å². The Hall–Kier alpha value is -3.35. The number of rotatable bonds is 6. The fourth-order valence-electron chi connectivity index (χ4n) is 3.35. The number of nitrogens with one attached hydrogen (secondary N) is 2. The Morgan fingerprint density at radius 3 is 2.54 bits per heavy atom. The summed E-state index contributed by atoms with van der Waals surface area (Å²) in [4.78, 5) is 38.6. The summed E-state index contributed by atoms with van der Waals surface area (Å²) in [5, 5.41) is 5.14. The first kappa shape index (κ1) is 19.4. The van der Waals surface area contributed by atoms with Gasteiger partial charge in [0.2, 0.25) is 0 Å². The standard InChI is InChI=1S/C21H23N3O4/c1-3-24-16-10-6-5-9-15(16)18(21(24)27)23-20(26)19(25)22-13-12-14-8-4-7-11-17(14)28-2/h4-11,18H,3,12-13H2,1-2H3,(H,22,25)(H,23,26)/t18-/m0/s1. The van der Waals surface area contributed by atoms with E-state index in [9.17, 15) is 14.4 Å². The number of benzene rings is 2. The normalized spacial score (nSPS) is 15.1. The van der Waals surface area contributed by atoms with E-state index in [0.29, 0.717) is 18.5 Å². The highest BCUT2D eigenvalue weighted by Crippen LogP contribution is 2.35. The summed E-state index contributed by atoms with van der Waals surface area (Å²) in [5.74, 6) is -1.10. The zero-order valence-corrected chi connectivity index (χ0v) is 15.9. The predicted octanol–water partition coefficient (Wildman–Crippen LogP) is 1.58. The number of anilines is 1. The summed E-state index contributed by atoms with van der Waals surface area (Å²) in [6, 6.07) is 13.9. The highest BCUT2D eigenvalue weighted by atomic mass is 16.5. The fourth-order valence-corrected chi connectivity index (χ4v) is 3.35. The number of ether oxygens (including phenoxy) is 1. The van der Waals surface area contributed by atoms with Crippen LogP contribution in [0.5, 0.6) is 5.75 Å².